The van der Waals surface area contributed by atoms with Gasteiger partial charge in [0.25, 0.3) is 0 Å². The van der Waals surface area contributed by atoms with Crippen molar-refractivity contribution in [2.75, 3.05) is 26.2 Å². The lowest BCUT2D eigenvalue weighted by Gasteiger charge is -2.35. The molecule has 0 saturated carbocycles. The van der Waals surface area contributed by atoms with Crippen LogP contribution in [0.15, 0.2) is 0 Å². The van der Waals surface area contributed by atoms with Crippen LogP contribution in [-0.2, 0) is 9.53 Å². The first-order valence-electron chi connectivity index (χ1n) is 6.95. The van der Waals surface area contributed by atoms with E-state index in [1.807, 2.05) is 11.8 Å². The summed E-state index contributed by atoms with van der Waals surface area (Å²) in [5.41, 5.74) is 0. The van der Waals surface area contributed by atoms with Crippen molar-refractivity contribution in [1.29, 1.82) is 0 Å². The SMILES string of the molecule is CCO[C@@H]1CCCN(C(=O)[C@@H]2CCCCN2)C1. The molecule has 0 aliphatic carbocycles. The summed E-state index contributed by atoms with van der Waals surface area (Å²) in [4.78, 5) is 14.3. The summed E-state index contributed by atoms with van der Waals surface area (Å²) in [7, 11) is 0. The molecule has 4 nitrogen and oxygen atoms in total. The Kier molecular flexibility index (Phi) is 4.80. The monoisotopic (exact) mass is 240 g/mol. The molecule has 2 saturated heterocycles. The molecule has 0 aromatic carbocycles. The molecule has 0 spiro atoms. The van der Waals surface area contributed by atoms with Gasteiger partial charge >= 0.3 is 0 Å². The van der Waals surface area contributed by atoms with Crippen LogP contribution >= 0.6 is 0 Å². The van der Waals surface area contributed by atoms with Crippen LogP contribution in [0.1, 0.15) is 39.0 Å². The van der Waals surface area contributed by atoms with E-state index in [9.17, 15) is 4.79 Å². The van der Waals surface area contributed by atoms with Gasteiger partial charge in [0.1, 0.15) is 0 Å². The van der Waals surface area contributed by atoms with Crippen LogP contribution in [0, 0.1) is 0 Å². The zero-order chi connectivity index (χ0) is 12.1. The highest BCUT2D eigenvalue weighted by Gasteiger charge is 2.29. The fourth-order valence-electron chi connectivity index (χ4n) is 2.79. The number of carbonyl (C=O) groups is 1. The second-order valence-corrected chi connectivity index (χ2v) is 5.01. The van der Waals surface area contributed by atoms with E-state index < -0.39 is 0 Å². The van der Waals surface area contributed by atoms with Crippen molar-refractivity contribution < 1.29 is 9.53 Å². The summed E-state index contributed by atoms with van der Waals surface area (Å²) in [6.07, 6.45) is 5.78. The molecule has 2 fully saturated rings. The van der Waals surface area contributed by atoms with Crippen LogP contribution in [0.3, 0.4) is 0 Å². The molecule has 2 aliphatic rings. The summed E-state index contributed by atoms with van der Waals surface area (Å²) < 4.78 is 5.64. The summed E-state index contributed by atoms with van der Waals surface area (Å²) >= 11 is 0. The van der Waals surface area contributed by atoms with Crippen LogP contribution in [0.4, 0.5) is 0 Å². The van der Waals surface area contributed by atoms with Crippen LogP contribution in [0.2, 0.25) is 0 Å². The quantitative estimate of drug-likeness (QED) is 0.805. The first-order chi connectivity index (χ1) is 8.31. The Morgan fingerprint density at radius 2 is 2.24 bits per heavy atom. The molecule has 0 aromatic rings. The molecule has 2 rings (SSSR count). The van der Waals surface area contributed by atoms with Gasteiger partial charge in [-0.1, -0.05) is 6.42 Å². The number of piperidine rings is 2. The van der Waals surface area contributed by atoms with Gasteiger partial charge in [0, 0.05) is 19.7 Å². The Balaban J connectivity index is 1.85. The van der Waals surface area contributed by atoms with Gasteiger partial charge in [0.05, 0.1) is 12.1 Å². The van der Waals surface area contributed by atoms with Crippen LogP contribution < -0.4 is 5.32 Å². The molecule has 1 amide bonds. The predicted molar refractivity (Wildman–Crippen MR) is 66.9 cm³/mol. The maximum Gasteiger partial charge on any atom is 0.239 e. The lowest BCUT2D eigenvalue weighted by molar-refractivity contribution is -0.138. The van der Waals surface area contributed by atoms with E-state index in [-0.39, 0.29) is 18.1 Å². The number of amides is 1. The van der Waals surface area contributed by atoms with E-state index in [1.165, 1.54) is 12.8 Å². The molecule has 98 valence electrons. The van der Waals surface area contributed by atoms with Gasteiger partial charge < -0.3 is 15.0 Å². The third-order valence-corrected chi connectivity index (χ3v) is 3.70. The Hall–Kier alpha value is -0.610. The zero-order valence-corrected chi connectivity index (χ0v) is 10.8. The predicted octanol–water partition coefficient (Wildman–Crippen LogP) is 1.16. The van der Waals surface area contributed by atoms with Crippen LogP contribution in [0.25, 0.3) is 0 Å². The van der Waals surface area contributed by atoms with E-state index in [0.29, 0.717) is 0 Å². The van der Waals surface area contributed by atoms with Gasteiger partial charge in [0.2, 0.25) is 5.91 Å². The summed E-state index contributed by atoms with van der Waals surface area (Å²) in [6.45, 7) is 5.43. The lowest BCUT2D eigenvalue weighted by atomic mass is 10.0. The molecule has 0 radical (unpaired) electrons. The van der Waals surface area contributed by atoms with Crippen molar-refractivity contribution in [3.8, 4) is 0 Å². The fourth-order valence-corrected chi connectivity index (χ4v) is 2.79. The summed E-state index contributed by atoms with van der Waals surface area (Å²) in [5, 5.41) is 3.33. The van der Waals surface area contributed by atoms with Crippen molar-refractivity contribution >= 4 is 5.91 Å². The first kappa shape index (κ1) is 12.8. The van der Waals surface area contributed by atoms with E-state index in [4.69, 9.17) is 4.74 Å². The molecule has 2 heterocycles. The van der Waals surface area contributed by atoms with Crippen molar-refractivity contribution in [1.82, 2.24) is 10.2 Å². The van der Waals surface area contributed by atoms with E-state index in [2.05, 4.69) is 5.32 Å². The third kappa shape index (κ3) is 3.42. The van der Waals surface area contributed by atoms with Gasteiger partial charge in [-0.05, 0) is 39.2 Å². The highest BCUT2D eigenvalue weighted by molar-refractivity contribution is 5.82. The minimum atomic E-state index is 0.0594. The zero-order valence-electron chi connectivity index (χ0n) is 10.8. The molecule has 1 N–H and O–H groups in total. The Morgan fingerprint density at radius 3 is 2.94 bits per heavy atom. The van der Waals surface area contributed by atoms with Crippen molar-refractivity contribution in [2.24, 2.45) is 0 Å². The molecular formula is C13H24N2O2. The van der Waals surface area contributed by atoms with Gasteiger partial charge in [0.15, 0.2) is 0 Å². The lowest BCUT2D eigenvalue weighted by Crippen LogP contribution is -2.52. The summed E-state index contributed by atoms with van der Waals surface area (Å²) in [5.74, 6) is 0.286. The van der Waals surface area contributed by atoms with Crippen molar-refractivity contribution in [3.05, 3.63) is 0 Å². The normalized spacial score (nSPS) is 30.3. The second kappa shape index (κ2) is 6.36. The van der Waals surface area contributed by atoms with Gasteiger partial charge in [-0.25, -0.2) is 0 Å². The molecule has 0 aromatic heterocycles. The third-order valence-electron chi connectivity index (χ3n) is 3.70. The average molecular weight is 240 g/mol. The highest BCUT2D eigenvalue weighted by Crippen LogP contribution is 2.16. The smallest absolute Gasteiger partial charge is 0.239 e. The number of carbonyl (C=O) groups excluding carboxylic acids is 1. The highest BCUT2D eigenvalue weighted by atomic mass is 16.5. The Labute approximate surface area is 104 Å². The first-order valence-corrected chi connectivity index (χ1v) is 6.95. The average Bonchev–Trinajstić information content (AvgIpc) is 2.40. The van der Waals surface area contributed by atoms with E-state index in [1.54, 1.807) is 0 Å². The van der Waals surface area contributed by atoms with Gasteiger partial charge in [-0.2, -0.15) is 0 Å². The Bertz CT molecular complexity index is 250. The van der Waals surface area contributed by atoms with Gasteiger partial charge in [-0.3, -0.25) is 4.79 Å². The second-order valence-electron chi connectivity index (χ2n) is 5.01. The van der Waals surface area contributed by atoms with E-state index >= 15 is 0 Å². The number of nitrogens with zero attached hydrogens (tertiary/aromatic N) is 1. The largest absolute Gasteiger partial charge is 0.377 e. The molecule has 0 unspecified atom stereocenters. The standard InChI is InChI=1S/C13H24N2O2/c1-2-17-11-6-5-9-15(10-11)13(16)12-7-3-4-8-14-12/h11-12,14H,2-10H2,1H3/t11-,12+/m1/s1. The van der Waals surface area contributed by atoms with Crippen LogP contribution in [-0.4, -0.2) is 49.2 Å². The number of hydrogen-bond donors (Lipinski definition) is 1. The van der Waals surface area contributed by atoms with Crippen molar-refractivity contribution in [2.45, 2.75) is 51.2 Å². The number of likely N-dealkylation sites (tertiary alicyclic amines) is 1. The summed E-state index contributed by atoms with van der Waals surface area (Å²) in [6, 6.07) is 0.0594. The number of ether oxygens (including phenoxy) is 1. The number of rotatable bonds is 3. The maximum atomic E-state index is 12.3. The number of nitrogens with one attached hydrogen (secondary N) is 1. The van der Waals surface area contributed by atoms with Crippen molar-refractivity contribution in [3.63, 3.8) is 0 Å². The number of hydrogen-bond acceptors (Lipinski definition) is 3. The fraction of sp³-hybridized carbons (Fsp3) is 0.923. The molecule has 2 atom stereocenters. The topological polar surface area (TPSA) is 41.6 Å². The minimum Gasteiger partial charge on any atom is -0.377 e. The Morgan fingerprint density at radius 1 is 1.35 bits per heavy atom. The molecule has 2 aliphatic heterocycles. The molecular weight excluding hydrogens is 216 g/mol. The molecule has 0 bridgehead atoms. The minimum absolute atomic E-state index is 0.0594. The maximum absolute atomic E-state index is 12.3. The molecule has 17 heavy (non-hydrogen) atoms. The van der Waals surface area contributed by atoms with E-state index in [0.717, 1.165) is 45.5 Å². The molecule has 4 heteroatoms. The van der Waals surface area contributed by atoms with Crippen LogP contribution in [0.5, 0.6) is 0 Å². The van der Waals surface area contributed by atoms with Gasteiger partial charge in [-0.15, -0.1) is 0 Å².